The van der Waals surface area contributed by atoms with E-state index in [1.54, 1.807) is 6.07 Å². The Morgan fingerprint density at radius 2 is 1.82 bits per heavy atom. The van der Waals surface area contributed by atoms with Crippen molar-refractivity contribution in [3.8, 4) is 17.6 Å². The van der Waals surface area contributed by atoms with Crippen LogP contribution in [-0.2, 0) is 5.41 Å². The molecule has 0 aromatic heterocycles. The summed E-state index contributed by atoms with van der Waals surface area (Å²) < 4.78 is 0. The summed E-state index contributed by atoms with van der Waals surface area (Å²) in [5.41, 5.74) is 8.98. The molecule has 0 bridgehead atoms. The largest absolute Gasteiger partial charge is 0.507 e. The van der Waals surface area contributed by atoms with E-state index in [1.807, 2.05) is 19.1 Å². The molecule has 2 atom stereocenters. The summed E-state index contributed by atoms with van der Waals surface area (Å²) >= 11 is 0. The first-order valence-corrected chi connectivity index (χ1v) is 14.2. The molecule has 3 aromatic carbocycles. The van der Waals surface area contributed by atoms with Gasteiger partial charge in [0.2, 0.25) is 0 Å². The van der Waals surface area contributed by atoms with Crippen LogP contribution >= 0.6 is 0 Å². The van der Waals surface area contributed by atoms with Crippen LogP contribution in [0.5, 0.6) is 5.75 Å². The first kappa shape index (κ1) is 24.6. The van der Waals surface area contributed by atoms with E-state index in [0.717, 1.165) is 29.5 Å². The van der Waals surface area contributed by atoms with Crippen molar-refractivity contribution < 1.29 is 5.11 Å². The van der Waals surface area contributed by atoms with Gasteiger partial charge in [0, 0.05) is 34.4 Å². The van der Waals surface area contributed by atoms with E-state index in [1.165, 1.54) is 38.9 Å². The van der Waals surface area contributed by atoms with Crippen LogP contribution in [-0.4, -0.2) is 10.6 Å². The van der Waals surface area contributed by atoms with Crippen LogP contribution in [0.4, 0.5) is 5.69 Å². The van der Waals surface area contributed by atoms with Crippen LogP contribution in [0.15, 0.2) is 120 Å². The van der Waals surface area contributed by atoms with Crippen molar-refractivity contribution in [2.75, 3.05) is 4.90 Å². The molecule has 40 heavy (non-hydrogen) atoms. The summed E-state index contributed by atoms with van der Waals surface area (Å²) in [6.07, 6.45) is 20.6. The van der Waals surface area contributed by atoms with Crippen molar-refractivity contribution in [2.45, 2.75) is 51.0 Å². The maximum absolute atomic E-state index is 10.7. The highest BCUT2D eigenvalue weighted by molar-refractivity contribution is 5.96. The van der Waals surface area contributed by atoms with Crippen LogP contribution in [0.1, 0.15) is 49.8 Å². The van der Waals surface area contributed by atoms with Gasteiger partial charge in [-0.15, -0.1) is 0 Å². The number of hydrogen-bond donors (Lipinski definition) is 1. The molecular weight excluding hydrogens is 486 g/mol. The van der Waals surface area contributed by atoms with E-state index in [-0.39, 0.29) is 16.7 Å². The molecule has 0 radical (unpaired) electrons. The number of phenols is 1. The first-order valence-electron chi connectivity index (χ1n) is 14.2. The Morgan fingerprint density at radius 1 is 0.950 bits per heavy atom. The maximum atomic E-state index is 10.7. The van der Waals surface area contributed by atoms with Gasteiger partial charge in [-0.3, -0.25) is 0 Å². The lowest BCUT2D eigenvalue weighted by atomic mass is 9.71. The highest BCUT2D eigenvalue weighted by atomic mass is 16.3. The van der Waals surface area contributed by atoms with Crippen molar-refractivity contribution in [1.29, 1.82) is 0 Å². The minimum atomic E-state index is -0.189. The Balaban J connectivity index is 1.39. The number of aryl methyl sites for hydroxylation is 1. The van der Waals surface area contributed by atoms with Crippen molar-refractivity contribution in [3.63, 3.8) is 0 Å². The Labute approximate surface area is 237 Å². The number of fused-ring (bicyclic) bond motifs is 5. The molecule has 0 fully saturated rings. The van der Waals surface area contributed by atoms with Gasteiger partial charge in [0.05, 0.1) is 5.54 Å². The number of rotatable bonds is 3. The highest BCUT2D eigenvalue weighted by Crippen LogP contribution is 2.58. The number of anilines is 1. The highest BCUT2D eigenvalue weighted by Gasteiger charge is 2.50. The molecule has 2 unspecified atom stereocenters. The third-order valence-electron chi connectivity index (χ3n) is 9.07. The normalized spacial score (nSPS) is 24.7. The molecule has 1 heterocycles. The monoisotopic (exact) mass is 519 g/mol. The second kappa shape index (κ2) is 9.04. The van der Waals surface area contributed by atoms with E-state index >= 15 is 0 Å². The molecule has 0 spiro atoms. The van der Waals surface area contributed by atoms with Crippen molar-refractivity contribution in [1.82, 2.24) is 0 Å². The number of aromatic hydroxyl groups is 1. The fourth-order valence-electron chi connectivity index (χ4n) is 7.14. The number of benzene rings is 3. The molecule has 196 valence electrons. The number of allylic oxidation sites excluding steroid dienone is 10. The van der Waals surface area contributed by atoms with Crippen LogP contribution in [0.25, 0.3) is 16.3 Å². The van der Waals surface area contributed by atoms with Gasteiger partial charge in [-0.1, -0.05) is 90.8 Å². The average Bonchev–Trinajstić information content (AvgIpc) is 3.05. The zero-order valence-corrected chi connectivity index (χ0v) is 23.3. The molecule has 1 aliphatic heterocycles. The molecule has 0 saturated heterocycles. The quantitative estimate of drug-likeness (QED) is 0.349. The molecular formula is C38H33NO. The molecule has 2 nitrogen and oxygen atoms in total. The van der Waals surface area contributed by atoms with Gasteiger partial charge in [0.1, 0.15) is 5.75 Å². The van der Waals surface area contributed by atoms with E-state index in [4.69, 9.17) is 0 Å². The summed E-state index contributed by atoms with van der Waals surface area (Å²) in [5, 5.41) is 13.3. The van der Waals surface area contributed by atoms with Crippen LogP contribution in [0.3, 0.4) is 0 Å². The van der Waals surface area contributed by atoms with Crippen molar-refractivity contribution >= 4 is 22.0 Å². The van der Waals surface area contributed by atoms with Gasteiger partial charge in [0.15, 0.2) is 0 Å². The van der Waals surface area contributed by atoms with E-state index in [9.17, 15) is 5.11 Å². The molecule has 0 saturated carbocycles. The van der Waals surface area contributed by atoms with Gasteiger partial charge in [-0.2, -0.15) is 0 Å². The van der Waals surface area contributed by atoms with E-state index in [2.05, 4.69) is 116 Å². The van der Waals surface area contributed by atoms with Gasteiger partial charge in [-0.05, 0) is 90.9 Å². The van der Waals surface area contributed by atoms with Gasteiger partial charge < -0.3 is 10.0 Å². The lowest BCUT2D eigenvalue weighted by Gasteiger charge is -2.43. The second-order valence-electron chi connectivity index (χ2n) is 11.8. The first-order chi connectivity index (χ1) is 19.4. The fourth-order valence-corrected chi connectivity index (χ4v) is 7.14. The van der Waals surface area contributed by atoms with Crippen LogP contribution in [0.2, 0.25) is 0 Å². The number of nitrogens with zero attached hydrogens (tertiary/aromatic N) is 1. The molecule has 2 heteroatoms. The minimum Gasteiger partial charge on any atom is -0.507 e. The van der Waals surface area contributed by atoms with Gasteiger partial charge in [-0.25, -0.2) is 0 Å². The molecule has 4 aliphatic rings. The lowest BCUT2D eigenvalue weighted by molar-refractivity contribution is 0.473. The third kappa shape index (κ3) is 3.65. The summed E-state index contributed by atoms with van der Waals surface area (Å²) in [5.74, 6) is 6.91. The second-order valence-corrected chi connectivity index (χ2v) is 11.8. The fraction of sp³-hybridized carbons (Fsp3) is 0.211. The van der Waals surface area contributed by atoms with Gasteiger partial charge >= 0.3 is 0 Å². The Hall–Kier alpha value is -4.48. The smallest absolute Gasteiger partial charge is 0.124 e. The van der Waals surface area contributed by atoms with Crippen molar-refractivity contribution in [3.05, 3.63) is 137 Å². The Morgan fingerprint density at radius 3 is 2.65 bits per heavy atom. The third-order valence-corrected chi connectivity index (χ3v) is 9.07. The standard InChI is InChI=1S/C38H33NO/c1-26-12-11-17-33(40)35(26)29-15-6-5-14-28(24-29)30-19-21-34-38(3,25-30)36-31-16-8-7-13-27(31)18-20-32(36)39(34)37(2)22-9-4-10-23-37/h4,7-14,16-22,24,40H,5,23,25H2,1-3H3. The van der Waals surface area contributed by atoms with Crippen molar-refractivity contribution in [2.24, 2.45) is 0 Å². The zero-order chi connectivity index (χ0) is 27.5. The van der Waals surface area contributed by atoms with Gasteiger partial charge in [0.25, 0.3) is 0 Å². The van der Waals surface area contributed by atoms with E-state index < -0.39 is 0 Å². The summed E-state index contributed by atoms with van der Waals surface area (Å²) in [6, 6.07) is 19.1. The van der Waals surface area contributed by atoms with E-state index in [0.29, 0.717) is 6.42 Å². The molecule has 1 N–H and O–H groups in total. The number of hydrogen-bond acceptors (Lipinski definition) is 2. The maximum Gasteiger partial charge on any atom is 0.124 e. The predicted octanol–water partition coefficient (Wildman–Crippen LogP) is 8.84. The average molecular weight is 520 g/mol. The Bertz CT molecular complexity index is 1810. The molecule has 3 aliphatic carbocycles. The molecule has 7 rings (SSSR count). The number of phenolic OH excluding ortho intramolecular Hbond substituents is 1. The molecule has 0 amide bonds. The molecule has 3 aromatic rings. The van der Waals surface area contributed by atoms with Crippen LogP contribution < -0.4 is 4.90 Å². The predicted molar refractivity (Wildman–Crippen MR) is 167 cm³/mol. The zero-order valence-electron chi connectivity index (χ0n) is 23.3. The summed E-state index contributed by atoms with van der Waals surface area (Å²) in [6.45, 7) is 6.81. The summed E-state index contributed by atoms with van der Waals surface area (Å²) in [4.78, 5) is 2.60. The lowest BCUT2D eigenvalue weighted by Crippen LogP contribution is -2.45. The minimum absolute atomic E-state index is 0.133. The Kier molecular flexibility index (Phi) is 5.55. The summed E-state index contributed by atoms with van der Waals surface area (Å²) in [7, 11) is 0. The van der Waals surface area contributed by atoms with Crippen LogP contribution in [0, 0.1) is 18.8 Å². The SMILES string of the molecule is Cc1cccc(O)c1C1=CC(C2=CC=C3N(C4(C)C=CC=CC4)c4ccc5ccccc5c4C3(C)C2)=CCC#C1. The topological polar surface area (TPSA) is 23.5 Å².